The van der Waals surface area contributed by atoms with Gasteiger partial charge in [0.25, 0.3) is 0 Å². The molecular formula is C21H26ClN3S. The number of benzene rings is 1. The van der Waals surface area contributed by atoms with Crippen LogP contribution in [0.4, 0.5) is 5.69 Å². The van der Waals surface area contributed by atoms with E-state index < -0.39 is 0 Å². The summed E-state index contributed by atoms with van der Waals surface area (Å²) in [6, 6.07) is 10.6. The van der Waals surface area contributed by atoms with E-state index in [-0.39, 0.29) is 6.04 Å². The number of aromatic nitrogens is 1. The van der Waals surface area contributed by atoms with E-state index >= 15 is 0 Å². The molecule has 0 spiro atoms. The van der Waals surface area contributed by atoms with Crippen LogP contribution in [0.15, 0.2) is 42.7 Å². The summed E-state index contributed by atoms with van der Waals surface area (Å²) in [4.78, 5) is 6.66. The second-order valence-corrected chi connectivity index (χ2v) is 7.80. The van der Waals surface area contributed by atoms with E-state index in [9.17, 15) is 0 Å². The van der Waals surface area contributed by atoms with E-state index in [1.165, 1.54) is 37.7 Å². The largest absolute Gasteiger partial charge is 0.339 e. The Morgan fingerprint density at radius 2 is 2.00 bits per heavy atom. The smallest absolute Gasteiger partial charge is 0.174 e. The predicted octanol–water partition coefficient (Wildman–Crippen LogP) is 6.14. The van der Waals surface area contributed by atoms with E-state index in [2.05, 4.69) is 28.2 Å². The zero-order valence-corrected chi connectivity index (χ0v) is 17.0. The third kappa shape index (κ3) is 4.36. The fourth-order valence-electron chi connectivity index (χ4n) is 3.72. The zero-order valence-electron chi connectivity index (χ0n) is 15.4. The first-order chi connectivity index (χ1) is 12.6. The Morgan fingerprint density at radius 1 is 1.23 bits per heavy atom. The summed E-state index contributed by atoms with van der Waals surface area (Å²) in [6.07, 6.45) is 9.96. The van der Waals surface area contributed by atoms with Gasteiger partial charge in [0.1, 0.15) is 0 Å². The molecule has 1 N–H and O–H groups in total. The number of anilines is 1. The molecule has 0 radical (unpaired) electrons. The van der Waals surface area contributed by atoms with E-state index in [0.29, 0.717) is 6.04 Å². The molecule has 0 bridgehead atoms. The molecule has 0 unspecified atom stereocenters. The molecule has 138 valence electrons. The average molecular weight is 388 g/mol. The Hall–Kier alpha value is -1.65. The van der Waals surface area contributed by atoms with Crippen LogP contribution in [0.25, 0.3) is 0 Å². The number of rotatable bonds is 4. The van der Waals surface area contributed by atoms with Crippen LogP contribution in [0.3, 0.4) is 0 Å². The first kappa shape index (κ1) is 19.1. The topological polar surface area (TPSA) is 28.2 Å². The Labute approximate surface area is 166 Å². The first-order valence-electron chi connectivity index (χ1n) is 9.32. The normalized spacial score (nSPS) is 16.1. The van der Waals surface area contributed by atoms with Gasteiger partial charge in [-0.05, 0) is 68.2 Å². The molecule has 0 aliphatic heterocycles. The SMILES string of the molecule is Cc1c(Cl)cccc1NC(=S)N(C1CCCCC1)[C@H](C)c1cccnc1. The lowest BCUT2D eigenvalue weighted by Gasteiger charge is -2.40. The van der Waals surface area contributed by atoms with Crippen molar-refractivity contribution in [1.29, 1.82) is 0 Å². The number of thiocarbonyl (C=S) groups is 1. The zero-order chi connectivity index (χ0) is 18.5. The fourth-order valence-corrected chi connectivity index (χ4v) is 4.32. The highest BCUT2D eigenvalue weighted by Gasteiger charge is 2.28. The summed E-state index contributed by atoms with van der Waals surface area (Å²) in [7, 11) is 0. The van der Waals surface area contributed by atoms with Gasteiger partial charge in [0, 0.05) is 29.1 Å². The molecule has 1 fully saturated rings. The monoisotopic (exact) mass is 387 g/mol. The number of hydrogen-bond donors (Lipinski definition) is 1. The second kappa shape index (κ2) is 8.83. The van der Waals surface area contributed by atoms with E-state index in [1.54, 1.807) is 0 Å². The van der Waals surface area contributed by atoms with Crippen LogP contribution in [0.2, 0.25) is 5.02 Å². The molecule has 1 heterocycles. The summed E-state index contributed by atoms with van der Waals surface area (Å²) in [5.41, 5.74) is 3.18. The standard InChI is InChI=1S/C21H26ClN3S/c1-15-19(22)11-6-12-20(15)24-21(26)25(18-9-4-3-5-10-18)16(2)17-8-7-13-23-14-17/h6-8,11-14,16,18H,3-5,9-10H2,1-2H3,(H,24,26)/t16-/m1/s1. The molecule has 5 heteroatoms. The highest BCUT2D eigenvalue weighted by molar-refractivity contribution is 7.80. The highest BCUT2D eigenvalue weighted by Crippen LogP contribution is 2.31. The van der Waals surface area contributed by atoms with E-state index in [0.717, 1.165) is 21.4 Å². The summed E-state index contributed by atoms with van der Waals surface area (Å²) < 4.78 is 0. The maximum absolute atomic E-state index is 6.28. The van der Waals surface area contributed by atoms with E-state index in [4.69, 9.17) is 23.8 Å². The third-order valence-electron chi connectivity index (χ3n) is 5.30. The van der Waals surface area contributed by atoms with Crippen molar-refractivity contribution in [2.24, 2.45) is 0 Å². The van der Waals surface area contributed by atoms with Gasteiger partial charge in [0.15, 0.2) is 5.11 Å². The highest BCUT2D eigenvalue weighted by atomic mass is 35.5. The van der Waals surface area contributed by atoms with Crippen LogP contribution in [0.5, 0.6) is 0 Å². The van der Waals surface area contributed by atoms with Crippen LogP contribution < -0.4 is 5.32 Å². The number of nitrogens with zero attached hydrogens (tertiary/aromatic N) is 2. The maximum Gasteiger partial charge on any atom is 0.174 e. The van der Waals surface area contributed by atoms with E-state index in [1.807, 2.05) is 43.6 Å². The summed E-state index contributed by atoms with van der Waals surface area (Å²) in [5, 5.41) is 4.97. The third-order valence-corrected chi connectivity index (χ3v) is 6.02. The molecule has 1 aliphatic rings. The second-order valence-electron chi connectivity index (χ2n) is 7.00. The molecule has 1 saturated carbocycles. The van der Waals surface area contributed by atoms with Gasteiger partial charge in [0.2, 0.25) is 0 Å². The van der Waals surface area contributed by atoms with Gasteiger partial charge in [-0.2, -0.15) is 0 Å². The Kier molecular flexibility index (Phi) is 6.49. The Balaban J connectivity index is 1.86. The lowest BCUT2D eigenvalue weighted by atomic mass is 9.92. The van der Waals surface area contributed by atoms with Crippen LogP contribution in [-0.2, 0) is 0 Å². The van der Waals surface area contributed by atoms with Crippen molar-refractivity contribution >= 4 is 34.6 Å². The lowest BCUT2D eigenvalue weighted by Crippen LogP contribution is -2.45. The summed E-state index contributed by atoms with van der Waals surface area (Å²) in [5.74, 6) is 0. The van der Waals surface area contributed by atoms with Gasteiger partial charge in [-0.15, -0.1) is 0 Å². The number of nitrogens with one attached hydrogen (secondary N) is 1. The van der Waals surface area contributed by atoms with Gasteiger partial charge in [-0.1, -0.05) is 43.0 Å². The van der Waals surface area contributed by atoms with Gasteiger partial charge in [-0.3, -0.25) is 4.98 Å². The van der Waals surface area contributed by atoms with Crippen molar-refractivity contribution in [3.63, 3.8) is 0 Å². The van der Waals surface area contributed by atoms with Gasteiger partial charge < -0.3 is 10.2 Å². The summed E-state index contributed by atoms with van der Waals surface area (Å²) >= 11 is 12.1. The van der Waals surface area contributed by atoms with Crippen LogP contribution >= 0.6 is 23.8 Å². The van der Waals surface area contributed by atoms with Crippen molar-refractivity contribution in [3.8, 4) is 0 Å². The molecule has 26 heavy (non-hydrogen) atoms. The quantitative estimate of drug-likeness (QED) is 0.638. The van der Waals surface area contributed by atoms with Gasteiger partial charge in [0.05, 0.1) is 6.04 Å². The fraction of sp³-hybridized carbons (Fsp3) is 0.429. The molecule has 1 atom stereocenters. The minimum Gasteiger partial charge on any atom is -0.339 e. The minimum absolute atomic E-state index is 0.172. The Morgan fingerprint density at radius 3 is 2.69 bits per heavy atom. The average Bonchev–Trinajstić information content (AvgIpc) is 2.67. The van der Waals surface area contributed by atoms with Crippen LogP contribution in [-0.4, -0.2) is 21.0 Å². The van der Waals surface area contributed by atoms with Crippen molar-refractivity contribution in [3.05, 3.63) is 58.9 Å². The number of hydrogen-bond acceptors (Lipinski definition) is 2. The van der Waals surface area contributed by atoms with Crippen LogP contribution in [0.1, 0.15) is 56.2 Å². The van der Waals surface area contributed by atoms with Crippen molar-refractivity contribution in [1.82, 2.24) is 9.88 Å². The maximum atomic E-state index is 6.28. The Bertz CT molecular complexity index is 744. The molecule has 2 aromatic rings. The van der Waals surface area contributed by atoms with Crippen molar-refractivity contribution < 1.29 is 0 Å². The molecular weight excluding hydrogens is 362 g/mol. The predicted molar refractivity (Wildman–Crippen MR) is 114 cm³/mol. The molecule has 3 rings (SSSR count). The number of pyridine rings is 1. The van der Waals surface area contributed by atoms with Gasteiger partial charge in [-0.25, -0.2) is 0 Å². The van der Waals surface area contributed by atoms with Gasteiger partial charge >= 0.3 is 0 Å². The minimum atomic E-state index is 0.172. The molecule has 1 aromatic heterocycles. The molecule has 1 aromatic carbocycles. The summed E-state index contributed by atoms with van der Waals surface area (Å²) in [6.45, 7) is 4.23. The molecule has 0 amide bonds. The molecule has 1 aliphatic carbocycles. The van der Waals surface area contributed by atoms with Crippen molar-refractivity contribution in [2.45, 2.75) is 58.0 Å². The first-order valence-corrected chi connectivity index (χ1v) is 10.1. The molecule has 0 saturated heterocycles. The van der Waals surface area contributed by atoms with Crippen molar-refractivity contribution in [2.75, 3.05) is 5.32 Å². The lowest BCUT2D eigenvalue weighted by molar-refractivity contribution is 0.203. The van der Waals surface area contributed by atoms with Crippen LogP contribution in [0, 0.1) is 6.92 Å². The number of halogens is 1. The molecule has 3 nitrogen and oxygen atoms in total.